The second-order valence-corrected chi connectivity index (χ2v) is 7.08. The van der Waals surface area contributed by atoms with Gasteiger partial charge in [-0.15, -0.1) is 0 Å². The average molecular weight is 309 g/mol. The molecule has 0 aliphatic heterocycles. The Morgan fingerprint density at radius 3 is 2.22 bits per heavy atom. The Morgan fingerprint density at radius 2 is 1.61 bits per heavy atom. The Labute approximate surface area is 137 Å². The Hall–Kier alpha value is -2.29. The minimum Gasteiger partial charge on any atom is -0.444 e. The third kappa shape index (κ3) is 4.13. The van der Waals surface area contributed by atoms with E-state index in [9.17, 15) is 4.79 Å². The lowest BCUT2D eigenvalue weighted by Gasteiger charge is -2.19. The number of benzene rings is 2. The van der Waals surface area contributed by atoms with E-state index in [1.807, 2.05) is 39.0 Å². The van der Waals surface area contributed by atoms with E-state index in [1.54, 1.807) is 0 Å². The number of ether oxygens (including phenoxy) is 1. The second-order valence-electron chi connectivity index (χ2n) is 7.08. The van der Waals surface area contributed by atoms with E-state index in [0.29, 0.717) is 5.92 Å². The lowest BCUT2D eigenvalue weighted by Crippen LogP contribution is -2.34. The van der Waals surface area contributed by atoms with Gasteiger partial charge in [0.25, 0.3) is 0 Å². The highest BCUT2D eigenvalue weighted by molar-refractivity contribution is 5.69. The first-order valence-corrected chi connectivity index (χ1v) is 8.07. The number of rotatable bonds is 3. The number of amides is 1. The highest BCUT2D eigenvalue weighted by Crippen LogP contribution is 2.41. The van der Waals surface area contributed by atoms with E-state index in [-0.39, 0.29) is 12.1 Å². The van der Waals surface area contributed by atoms with Crippen LogP contribution in [0.2, 0.25) is 0 Å². The number of hydrogen-bond donors (Lipinski definition) is 1. The van der Waals surface area contributed by atoms with Gasteiger partial charge in [-0.3, -0.25) is 0 Å². The fourth-order valence-electron chi connectivity index (χ4n) is 2.74. The van der Waals surface area contributed by atoms with E-state index in [4.69, 9.17) is 4.74 Å². The van der Waals surface area contributed by atoms with Crippen LogP contribution in [0, 0.1) is 0 Å². The molecule has 1 amide bonds. The molecule has 0 spiro atoms. The molecule has 2 unspecified atom stereocenters. The van der Waals surface area contributed by atoms with Crippen LogP contribution in [0.15, 0.2) is 54.6 Å². The van der Waals surface area contributed by atoms with Crippen LogP contribution in [0.5, 0.6) is 0 Å². The minimum absolute atomic E-state index is 0.187. The normalized spacial score (nSPS) is 20.0. The van der Waals surface area contributed by atoms with Crippen molar-refractivity contribution in [2.45, 2.75) is 44.8 Å². The molecular weight excluding hydrogens is 286 g/mol. The lowest BCUT2D eigenvalue weighted by atomic mass is 10.0. The summed E-state index contributed by atoms with van der Waals surface area (Å²) < 4.78 is 5.30. The summed E-state index contributed by atoms with van der Waals surface area (Å²) in [6, 6.07) is 19.1. The van der Waals surface area contributed by atoms with Crippen LogP contribution in [-0.2, 0) is 4.74 Å². The number of alkyl carbamates (subject to hydrolysis) is 1. The van der Waals surface area contributed by atoms with Gasteiger partial charge in [0.1, 0.15) is 5.60 Å². The van der Waals surface area contributed by atoms with Crippen LogP contribution in [0.1, 0.15) is 38.7 Å². The molecule has 1 fully saturated rings. The van der Waals surface area contributed by atoms with E-state index >= 15 is 0 Å². The number of carbonyl (C=O) groups excluding carboxylic acids is 1. The highest BCUT2D eigenvalue weighted by Gasteiger charge is 2.40. The van der Waals surface area contributed by atoms with Crippen molar-refractivity contribution in [1.82, 2.24) is 5.32 Å². The zero-order chi connectivity index (χ0) is 16.4. The van der Waals surface area contributed by atoms with Crippen molar-refractivity contribution >= 4 is 6.09 Å². The zero-order valence-electron chi connectivity index (χ0n) is 13.9. The zero-order valence-corrected chi connectivity index (χ0v) is 13.9. The Kier molecular flexibility index (Phi) is 4.12. The summed E-state index contributed by atoms with van der Waals surface area (Å²) in [5.74, 6) is 0.396. The van der Waals surface area contributed by atoms with E-state index in [0.717, 1.165) is 6.42 Å². The number of hydrogen-bond acceptors (Lipinski definition) is 2. The quantitative estimate of drug-likeness (QED) is 0.889. The molecule has 1 aliphatic rings. The van der Waals surface area contributed by atoms with Crippen molar-refractivity contribution in [3.63, 3.8) is 0 Å². The molecule has 1 N–H and O–H groups in total. The minimum atomic E-state index is -0.453. The molecule has 1 saturated carbocycles. The molecule has 0 saturated heterocycles. The molecular formula is C20H23NO2. The van der Waals surface area contributed by atoms with Gasteiger partial charge >= 0.3 is 6.09 Å². The molecule has 0 aromatic heterocycles. The van der Waals surface area contributed by atoms with Gasteiger partial charge in [0.2, 0.25) is 0 Å². The van der Waals surface area contributed by atoms with E-state index in [1.165, 1.54) is 16.7 Å². The van der Waals surface area contributed by atoms with Gasteiger partial charge in [-0.05, 0) is 43.9 Å². The van der Waals surface area contributed by atoms with Crippen molar-refractivity contribution in [2.75, 3.05) is 0 Å². The van der Waals surface area contributed by atoms with Crippen molar-refractivity contribution in [1.29, 1.82) is 0 Å². The maximum Gasteiger partial charge on any atom is 0.407 e. The molecule has 0 bridgehead atoms. The second kappa shape index (κ2) is 6.07. The molecule has 23 heavy (non-hydrogen) atoms. The highest BCUT2D eigenvalue weighted by atomic mass is 16.6. The summed E-state index contributed by atoms with van der Waals surface area (Å²) in [5.41, 5.74) is 3.25. The van der Waals surface area contributed by atoms with Crippen molar-refractivity contribution in [3.05, 3.63) is 60.2 Å². The maximum atomic E-state index is 11.8. The summed E-state index contributed by atoms with van der Waals surface area (Å²) in [5, 5.41) is 2.94. The Balaban J connectivity index is 1.59. The molecule has 1 aliphatic carbocycles. The van der Waals surface area contributed by atoms with E-state index < -0.39 is 5.60 Å². The Bertz CT molecular complexity index is 671. The standard InChI is InChI=1S/C20H23NO2/c1-20(2,3)23-19(22)21-18-13-17(18)16-11-9-15(10-12-16)14-7-5-4-6-8-14/h4-12,17-18H,13H2,1-3H3,(H,21,22). The van der Waals surface area contributed by atoms with Crippen LogP contribution in [0.25, 0.3) is 11.1 Å². The van der Waals surface area contributed by atoms with Crippen molar-refractivity contribution in [3.8, 4) is 11.1 Å². The molecule has 2 aromatic carbocycles. The van der Waals surface area contributed by atoms with Crippen LogP contribution in [0.3, 0.4) is 0 Å². The number of nitrogens with one attached hydrogen (secondary N) is 1. The molecule has 3 heteroatoms. The van der Waals surface area contributed by atoms with Gasteiger partial charge in [-0.2, -0.15) is 0 Å². The maximum absolute atomic E-state index is 11.8. The first kappa shape index (κ1) is 15.6. The fraction of sp³-hybridized carbons (Fsp3) is 0.350. The smallest absolute Gasteiger partial charge is 0.407 e. The van der Waals surface area contributed by atoms with Crippen LogP contribution >= 0.6 is 0 Å². The molecule has 0 heterocycles. The number of carbonyl (C=O) groups is 1. The average Bonchev–Trinajstić information content (AvgIpc) is 3.25. The summed E-state index contributed by atoms with van der Waals surface area (Å²) in [4.78, 5) is 11.8. The van der Waals surface area contributed by atoms with Crippen LogP contribution in [-0.4, -0.2) is 17.7 Å². The monoisotopic (exact) mass is 309 g/mol. The van der Waals surface area contributed by atoms with Gasteiger partial charge in [-0.1, -0.05) is 54.6 Å². The summed E-state index contributed by atoms with van der Waals surface area (Å²) in [6.45, 7) is 5.62. The largest absolute Gasteiger partial charge is 0.444 e. The van der Waals surface area contributed by atoms with Gasteiger partial charge in [0.05, 0.1) is 0 Å². The van der Waals surface area contributed by atoms with Crippen molar-refractivity contribution < 1.29 is 9.53 Å². The fourth-order valence-corrected chi connectivity index (χ4v) is 2.74. The first-order valence-electron chi connectivity index (χ1n) is 8.07. The predicted octanol–water partition coefficient (Wildman–Crippen LogP) is 4.73. The van der Waals surface area contributed by atoms with Gasteiger partial charge in [-0.25, -0.2) is 4.79 Å². The third-order valence-electron chi connectivity index (χ3n) is 3.94. The van der Waals surface area contributed by atoms with Crippen molar-refractivity contribution in [2.24, 2.45) is 0 Å². The molecule has 3 nitrogen and oxygen atoms in total. The third-order valence-corrected chi connectivity index (χ3v) is 3.94. The van der Waals surface area contributed by atoms with Crippen LogP contribution < -0.4 is 5.32 Å². The summed E-state index contributed by atoms with van der Waals surface area (Å²) in [6.07, 6.45) is 0.648. The summed E-state index contributed by atoms with van der Waals surface area (Å²) in [7, 11) is 0. The molecule has 2 aromatic rings. The molecule has 2 atom stereocenters. The molecule has 3 rings (SSSR count). The van der Waals surface area contributed by atoms with E-state index in [2.05, 4.69) is 41.7 Å². The SMILES string of the molecule is CC(C)(C)OC(=O)NC1CC1c1ccc(-c2ccccc2)cc1. The first-order chi connectivity index (χ1) is 10.9. The lowest BCUT2D eigenvalue weighted by molar-refractivity contribution is 0.0523. The Morgan fingerprint density at radius 1 is 1.00 bits per heavy atom. The summed E-state index contributed by atoms with van der Waals surface area (Å²) >= 11 is 0. The molecule has 120 valence electrons. The topological polar surface area (TPSA) is 38.3 Å². The molecule has 0 radical (unpaired) electrons. The van der Waals surface area contributed by atoms with Gasteiger partial charge < -0.3 is 10.1 Å². The predicted molar refractivity (Wildman–Crippen MR) is 92.4 cm³/mol. The van der Waals surface area contributed by atoms with Gasteiger partial charge in [0, 0.05) is 12.0 Å². The van der Waals surface area contributed by atoms with Crippen LogP contribution in [0.4, 0.5) is 4.79 Å². The van der Waals surface area contributed by atoms with Gasteiger partial charge in [0.15, 0.2) is 0 Å².